The lowest BCUT2D eigenvalue weighted by Gasteiger charge is -2.44. The van der Waals surface area contributed by atoms with Gasteiger partial charge in [-0.1, -0.05) is 0 Å². The number of likely N-dealkylation sites (tertiary alicyclic amines) is 1. The number of hydrogen-bond acceptors (Lipinski definition) is 7. The van der Waals surface area contributed by atoms with Gasteiger partial charge < -0.3 is 14.5 Å². The number of thiol groups is 1. The number of amides is 1. The van der Waals surface area contributed by atoms with Crippen molar-refractivity contribution in [3.05, 3.63) is 47.5 Å². The van der Waals surface area contributed by atoms with E-state index in [1.165, 1.54) is 18.2 Å². The number of hydrogen-bond donors (Lipinski definition) is 1. The minimum Gasteiger partial charge on any atom is -0.487 e. The van der Waals surface area contributed by atoms with Gasteiger partial charge in [-0.2, -0.15) is 18.4 Å². The Morgan fingerprint density at radius 2 is 1.89 bits per heavy atom. The molecule has 7 nitrogen and oxygen atoms in total. The van der Waals surface area contributed by atoms with E-state index in [2.05, 4.69) is 22.5 Å². The van der Waals surface area contributed by atoms with Crippen LogP contribution in [0.25, 0.3) is 0 Å². The van der Waals surface area contributed by atoms with Crippen molar-refractivity contribution in [3.8, 4) is 11.8 Å². The molecule has 3 aliphatic rings. The molecule has 1 aliphatic carbocycles. The molecule has 1 unspecified atom stereocenters. The topological polar surface area (TPSA) is 72.7 Å². The van der Waals surface area contributed by atoms with Crippen molar-refractivity contribution in [1.82, 2.24) is 9.88 Å². The van der Waals surface area contributed by atoms with Crippen LogP contribution in [-0.4, -0.2) is 53.1 Å². The molecule has 1 spiro atoms. The van der Waals surface area contributed by atoms with Gasteiger partial charge in [-0.25, -0.2) is 9.37 Å². The number of rotatable bonds is 4. The van der Waals surface area contributed by atoms with E-state index in [1.54, 1.807) is 11.0 Å². The maximum Gasteiger partial charge on any atom is 0.419 e. The number of ether oxygens (including phenoxy) is 1. The largest absolute Gasteiger partial charge is 0.487 e. The van der Waals surface area contributed by atoms with Crippen molar-refractivity contribution in [3.63, 3.8) is 0 Å². The molecule has 5 rings (SSSR count). The molecule has 0 bridgehead atoms. The average Bonchev–Trinajstić information content (AvgIpc) is 3.07. The van der Waals surface area contributed by atoms with Crippen LogP contribution in [0.1, 0.15) is 43.4 Å². The Bertz CT molecular complexity index is 1250. The van der Waals surface area contributed by atoms with E-state index >= 15 is 4.39 Å². The number of pyridine rings is 1. The van der Waals surface area contributed by atoms with Crippen LogP contribution in [-0.2, 0) is 11.0 Å². The lowest BCUT2D eigenvalue weighted by molar-refractivity contribution is -0.138. The van der Waals surface area contributed by atoms with Crippen molar-refractivity contribution in [2.45, 2.75) is 55.4 Å². The van der Waals surface area contributed by atoms with E-state index in [1.807, 2.05) is 7.05 Å². The van der Waals surface area contributed by atoms with Gasteiger partial charge in [0.05, 0.1) is 17.4 Å². The second-order valence-corrected chi connectivity index (χ2v) is 10.2. The SMILES string of the molecule is CN1CCC(Oc2ccc(N3C(S)N(c4cnc(C#N)c(C(F)(F)F)c4)C(=O)C34CCC4)cc2F)CC1. The summed E-state index contributed by atoms with van der Waals surface area (Å²) < 4.78 is 61.7. The van der Waals surface area contributed by atoms with E-state index in [0.717, 1.165) is 49.5 Å². The summed E-state index contributed by atoms with van der Waals surface area (Å²) in [6, 6.07) is 6.62. The molecule has 12 heteroatoms. The van der Waals surface area contributed by atoms with Crippen molar-refractivity contribution >= 4 is 29.9 Å². The lowest BCUT2D eigenvalue weighted by atomic mass is 9.75. The van der Waals surface area contributed by atoms with E-state index in [-0.39, 0.29) is 17.5 Å². The van der Waals surface area contributed by atoms with E-state index in [0.29, 0.717) is 18.5 Å². The van der Waals surface area contributed by atoms with Gasteiger partial charge in [0.1, 0.15) is 17.7 Å². The highest BCUT2D eigenvalue weighted by molar-refractivity contribution is 7.81. The number of nitrogens with zero attached hydrogens (tertiary/aromatic N) is 5. The Morgan fingerprint density at radius 1 is 1.19 bits per heavy atom. The smallest absolute Gasteiger partial charge is 0.419 e. The number of nitriles is 1. The summed E-state index contributed by atoms with van der Waals surface area (Å²) in [7, 11) is 2.02. The Balaban J connectivity index is 1.46. The maximum atomic E-state index is 15.2. The third kappa shape index (κ3) is 4.38. The highest BCUT2D eigenvalue weighted by atomic mass is 32.1. The monoisotopic (exact) mass is 535 g/mol. The van der Waals surface area contributed by atoms with Crippen LogP contribution in [0.5, 0.6) is 5.75 Å². The Hall–Kier alpha value is -3.04. The quantitative estimate of drug-likeness (QED) is 0.457. The van der Waals surface area contributed by atoms with Gasteiger partial charge in [0.15, 0.2) is 22.8 Å². The Labute approximate surface area is 217 Å². The molecule has 2 saturated heterocycles. The molecule has 1 saturated carbocycles. The van der Waals surface area contributed by atoms with Gasteiger partial charge in [-0.3, -0.25) is 9.69 Å². The number of carbonyl (C=O) groups excluding carboxylic acids is 1. The van der Waals surface area contributed by atoms with Crippen LogP contribution in [0, 0.1) is 17.1 Å². The van der Waals surface area contributed by atoms with Crippen molar-refractivity contribution in [2.75, 3.05) is 29.9 Å². The van der Waals surface area contributed by atoms with Gasteiger partial charge in [0, 0.05) is 24.8 Å². The van der Waals surface area contributed by atoms with Crippen LogP contribution < -0.4 is 14.5 Å². The molecule has 196 valence electrons. The summed E-state index contributed by atoms with van der Waals surface area (Å²) in [6.07, 6.45) is -0.664. The number of benzene rings is 1. The highest BCUT2D eigenvalue weighted by Gasteiger charge is 2.60. The predicted octanol–water partition coefficient (Wildman–Crippen LogP) is 4.57. The number of aromatic nitrogens is 1. The lowest BCUT2D eigenvalue weighted by Crippen LogP contribution is -2.55. The molecule has 1 amide bonds. The van der Waals surface area contributed by atoms with Gasteiger partial charge in [-0.15, -0.1) is 12.6 Å². The highest BCUT2D eigenvalue weighted by Crippen LogP contribution is 2.50. The van der Waals surface area contributed by atoms with Crippen molar-refractivity contribution in [2.24, 2.45) is 0 Å². The zero-order valence-electron chi connectivity index (χ0n) is 20.0. The number of piperidine rings is 1. The van der Waals surface area contributed by atoms with Gasteiger partial charge in [-0.05, 0) is 57.4 Å². The number of anilines is 2. The van der Waals surface area contributed by atoms with Crippen LogP contribution in [0.3, 0.4) is 0 Å². The molecule has 1 atom stereocenters. The van der Waals surface area contributed by atoms with Crippen molar-refractivity contribution < 1.29 is 27.1 Å². The van der Waals surface area contributed by atoms with Crippen LogP contribution >= 0.6 is 12.6 Å². The zero-order valence-corrected chi connectivity index (χ0v) is 20.9. The van der Waals surface area contributed by atoms with E-state index < -0.39 is 40.2 Å². The summed E-state index contributed by atoms with van der Waals surface area (Å²) in [5.74, 6) is -0.910. The maximum absolute atomic E-state index is 15.2. The third-order valence-corrected chi connectivity index (χ3v) is 7.90. The van der Waals surface area contributed by atoms with Crippen LogP contribution in [0.4, 0.5) is 28.9 Å². The second-order valence-electron chi connectivity index (χ2n) is 9.71. The number of carbonyl (C=O) groups is 1. The molecule has 3 fully saturated rings. The first-order valence-electron chi connectivity index (χ1n) is 12.0. The zero-order chi connectivity index (χ0) is 26.5. The summed E-state index contributed by atoms with van der Waals surface area (Å²) in [6.45, 7) is 1.72. The average molecular weight is 536 g/mol. The van der Waals surface area contributed by atoms with E-state index in [4.69, 9.17) is 10.00 Å². The molecule has 3 heterocycles. The Morgan fingerprint density at radius 3 is 2.46 bits per heavy atom. The number of alkyl halides is 3. The molecule has 0 N–H and O–H groups in total. The standard InChI is InChI=1S/C25H25F4N5O2S/c1-32-9-5-17(6-10-32)36-21-4-3-15(12-19(21)26)34-23(37)33(22(35)24(34)7-2-8-24)16-11-18(25(27,28)29)20(13-30)31-14-16/h3-4,11-12,14,17,23,37H,2,5-10H2,1H3. The molecule has 2 aliphatic heterocycles. The fourth-order valence-electron chi connectivity index (χ4n) is 5.27. The molecular weight excluding hydrogens is 510 g/mol. The first-order chi connectivity index (χ1) is 17.5. The third-order valence-electron chi connectivity index (χ3n) is 7.44. The second kappa shape index (κ2) is 9.36. The molecule has 1 aromatic heterocycles. The van der Waals surface area contributed by atoms with E-state index in [9.17, 15) is 18.0 Å². The fraction of sp³-hybridized carbons (Fsp3) is 0.480. The summed E-state index contributed by atoms with van der Waals surface area (Å²) in [4.78, 5) is 22.2. The number of halogens is 4. The molecule has 2 aromatic rings. The summed E-state index contributed by atoms with van der Waals surface area (Å²) >= 11 is 4.59. The Kier molecular flexibility index (Phi) is 6.48. The fourth-order valence-corrected chi connectivity index (χ4v) is 5.87. The van der Waals surface area contributed by atoms with Crippen LogP contribution in [0.15, 0.2) is 30.5 Å². The predicted molar refractivity (Wildman–Crippen MR) is 131 cm³/mol. The first-order valence-corrected chi connectivity index (χ1v) is 12.5. The molecular formula is C25H25F4N5O2S. The summed E-state index contributed by atoms with van der Waals surface area (Å²) in [5.41, 5.74) is -3.83. The first kappa shape index (κ1) is 25.6. The molecule has 0 radical (unpaired) electrons. The van der Waals surface area contributed by atoms with Crippen LogP contribution in [0.2, 0.25) is 0 Å². The normalized spacial score (nSPS) is 22.3. The van der Waals surface area contributed by atoms with Crippen molar-refractivity contribution in [1.29, 1.82) is 5.26 Å². The summed E-state index contributed by atoms with van der Waals surface area (Å²) in [5, 5.41) is 9.06. The van der Waals surface area contributed by atoms with Gasteiger partial charge in [0.2, 0.25) is 0 Å². The van der Waals surface area contributed by atoms with Gasteiger partial charge >= 0.3 is 6.18 Å². The molecule has 1 aromatic carbocycles. The minimum atomic E-state index is -4.83. The minimum absolute atomic E-state index is 0.0947. The van der Waals surface area contributed by atoms with Gasteiger partial charge in [0.25, 0.3) is 5.91 Å². The molecule has 37 heavy (non-hydrogen) atoms.